The number of carbonyl (C=O) groups is 2. The van der Waals surface area contributed by atoms with Gasteiger partial charge >= 0.3 is 0 Å². The number of carbonyl (C=O) groups excluding carboxylic acids is 2. The molecule has 1 atom stereocenters. The number of hydrogen-bond donors (Lipinski definition) is 2. The van der Waals surface area contributed by atoms with Gasteiger partial charge in [0.15, 0.2) is 0 Å². The molecule has 0 radical (unpaired) electrons. The third-order valence-electron chi connectivity index (χ3n) is 4.55. The zero-order valence-electron chi connectivity index (χ0n) is 15.0. The van der Waals surface area contributed by atoms with Crippen molar-refractivity contribution in [2.24, 2.45) is 5.73 Å². The van der Waals surface area contributed by atoms with Crippen LogP contribution < -0.4 is 11.1 Å². The van der Waals surface area contributed by atoms with Crippen molar-refractivity contribution in [3.05, 3.63) is 84.2 Å². The number of amides is 2. The predicted octanol–water partition coefficient (Wildman–Crippen LogP) is 2.61. The average Bonchev–Trinajstić information content (AvgIpc) is 2.72. The number of aromatic nitrogens is 2. The molecular formula is C22H18N4O2. The van der Waals surface area contributed by atoms with Gasteiger partial charge in [-0.15, -0.1) is 0 Å². The number of para-hydroxylation sites is 2. The normalized spacial score (nSPS) is 12.0. The van der Waals surface area contributed by atoms with E-state index in [1.165, 1.54) is 0 Å². The summed E-state index contributed by atoms with van der Waals surface area (Å²) < 4.78 is 0. The number of nitrogens with one attached hydrogen (secondary N) is 1. The second-order valence-electron chi connectivity index (χ2n) is 6.52. The molecule has 0 saturated carbocycles. The largest absolute Gasteiger partial charge is 0.368 e. The van der Waals surface area contributed by atoms with Gasteiger partial charge in [-0.3, -0.25) is 14.6 Å². The lowest BCUT2D eigenvalue weighted by Crippen LogP contribution is -2.46. The molecule has 0 bridgehead atoms. The van der Waals surface area contributed by atoms with Crippen molar-refractivity contribution < 1.29 is 9.59 Å². The minimum absolute atomic E-state index is 0.208. The average molecular weight is 370 g/mol. The third kappa shape index (κ3) is 3.66. The molecule has 4 rings (SSSR count). The lowest BCUT2D eigenvalue weighted by Gasteiger charge is -2.15. The van der Waals surface area contributed by atoms with Crippen LogP contribution in [0, 0.1) is 0 Å². The van der Waals surface area contributed by atoms with Gasteiger partial charge in [-0.05, 0) is 24.3 Å². The summed E-state index contributed by atoms with van der Waals surface area (Å²) in [5.41, 5.74) is 7.96. The van der Waals surface area contributed by atoms with Gasteiger partial charge < -0.3 is 11.1 Å². The molecule has 2 aromatic carbocycles. The summed E-state index contributed by atoms with van der Waals surface area (Å²) in [5.74, 6) is -1.07. The Kier molecular flexibility index (Phi) is 4.68. The Balaban J connectivity index is 1.55. The van der Waals surface area contributed by atoms with Crippen molar-refractivity contribution in [1.29, 1.82) is 0 Å². The van der Waals surface area contributed by atoms with Crippen molar-refractivity contribution >= 4 is 33.6 Å². The number of fused-ring (bicyclic) bond motifs is 2. The van der Waals surface area contributed by atoms with Crippen molar-refractivity contribution in [3.8, 4) is 0 Å². The first-order valence-electron chi connectivity index (χ1n) is 8.91. The van der Waals surface area contributed by atoms with Gasteiger partial charge in [0.25, 0.3) is 5.91 Å². The first-order valence-corrected chi connectivity index (χ1v) is 8.91. The molecule has 2 heterocycles. The smallest absolute Gasteiger partial charge is 0.270 e. The highest BCUT2D eigenvalue weighted by molar-refractivity contribution is 5.97. The molecule has 28 heavy (non-hydrogen) atoms. The van der Waals surface area contributed by atoms with E-state index in [2.05, 4.69) is 15.3 Å². The highest BCUT2D eigenvalue weighted by Gasteiger charge is 2.21. The number of nitrogens with zero attached hydrogens (tertiary/aromatic N) is 2. The zero-order chi connectivity index (χ0) is 19.5. The predicted molar refractivity (Wildman–Crippen MR) is 108 cm³/mol. The van der Waals surface area contributed by atoms with Crippen LogP contribution in [-0.4, -0.2) is 27.8 Å². The summed E-state index contributed by atoms with van der Waals surface area (Å²) in [6.45, 7) is 0. The van der Waals surface area contributed by atoms with E-state index in [4.69, 9.17) is 5.73 Å². The minimum Gasteiger partial charge on any atom is -0.368 e. The van der Waals surface area contributed by atoms with Crippen molar-refractivity contribution in [2.75, 3.05) is 0 Å². The van der Waals surface area contributed by atoms with E-state index in [0.29, 0.717) is 11.2 Å². The van der Waals surface area contributed by atoms with Gasteiger partial charge in [0.1, 0.15) is 11.7 Å². The van der Waals surface area contributed by atoms with E-state index in [9.17, 15) is 9.59 Å². The highest BCUT2D eigenvalue weighted by atomic mass is 16.2. The van der Waals surface area contributed by atoms with E-state index >= 15 is 0 Å². The number of benzene rings is 2. The van der Waals surface area contributed by atoms with Crippen LogP contribution in [0.3, 0.4) is 0 Å². The van der Waals surface area contributed by atoms with E-state index in [-0.39, 0.29) is 12.1 Å². The Labute approximate surface area is 161 Å². The molecule has 0 aliphatic rings. The van der Waals surface area contributed by atoms with Gasteiger partial charge in [-0.1, -0.05) is 48.5 Å². The number of rotatable bonds is 5. The maximum atomic E-state index is 12.6. The molecule has 4 aromatic rings. The fourth-order valence-electron chi connectivity index (χ4n) is 3.08. The van der Waals surface area contributed by atoms with Crippen LogP contribution in [0.5, 0.6) is 0 Å². The topological polar surface area (TPSA) is 98.0 Å². The Morgan fingerprint density at radius 3 is 2.11 bits per heavy atom. The Hall–Kier alpha value is -3.80. The number of nitrogens with two attached hydrogens (primary N) is 1. The van der Waals surface area contributed by atoms with Crippen LogP contribution in [0.25, 0.3) is 21.8 Å². The fourth-order valence-corrected chi connectivity index (χ4v) is 3.08. The first-order chi connectivity index (χ1) is 13.6. The van der Waals surface area contributed by atoms with Gasteiger partial charge in [0, 0.05) is 22.9 Å². The molecule has 2 amide bonds. The van der Waals surface area contributed by atoms with Crippen molar-refractivity contribution in [3.63, 3.8) is 0 Å². The monoisotopic (exact) mass is 370 g/mol. The van der Waals surface area contributed by atoms with Gasteiger partial charge in [-0.25, -0.2) is 4.98 Å². The zero-order valence-corrected chi connectivity index (χ0v) is 15.0. The summed E-state index contributed by atoms with van der Waals surface area (Å²) in [6, 6.07) is 21.5. The summed E-state index contributed by atoms with van der Waals surface area (Å²) in [4.78, 5) is 33.4. The second-order valence-corrected chi connectivity index (χ2v) is 6.52. The lowest BCUT2D eigenvalue weighted by molar-refractivity contribution is -0.119. The first kappa shape index (κ1) is 17.6. The number of hydrogen-bond acceptors (Lipinski definition) is 4. The molecule has 0 fully saturated rings. The van der Waals surface area contributed by atoms with Crippen molar-refractivity contribution in [2.45, 2.75) is 12.5 Å². The molecule has 0 saturated heterocycles. The molecule has 0 spiro atoms. The number of primary amides is 1. The van der Waals surface area contributed by atoms with Gasteiger partial charge in [0.2, 0.25) is 5.91 Å². The highest BCUT2D eigenvalue weighted by Crippen LogP contribution is 2.14. The quantitative estimate of drug-likeness (QED) is 0.564. The molecule has 3 N–H and O–H groups in total. The van der Waals surface area contributed by atoms with Crippen molar-refractivity contribution in [1.82, 2.24) is 15.3 Å². The van der Waals surface area contributed by atoms with E-state index in [1.807, 2.05) is 66.7 Å². The van der Waals surface area contributed by atoms with E-state index < -0.39 is 17.9 Å². The summed E-state index contributed by atoms with van der Waals surface area (Å²) >= 11 is 0. The summed E-state index contributed by atoms with van der Waals surface area (Å²) in [6.07, 6.45) is 0.208. The molecule has 0 unspecified atom stereocenters. The molecule has 6 heteroatoms. The third-order valence-corrected chi connectivity index (χ3v) is 4.55. The fraction of sp³-hybridized carbons (Fsp3) is 0.0909. The SMILES string of the molecule is NC(=O)[C@@H](Cc1ccc2ccccc2n1)NC(=O)c1ccc2ccccc2n1. The summed E-state index contributed by atoms with van der Waals surface area (Å²) in [7, 11) is 0. The number of pyridine rings is 2. The maximum absolute atomic E-state index is 12.6. The van der Waals surface area contributed by atoms with E-state index in [0.717, 1.165) is 16.3 Å². The van der Waals surface area contributed by atoms with Gasteiger partial charge in [-0.2, -0.15) is 0 Å². The standard InChI is InChI=1S/C22H18N4O2/c23-21(27)20(13-16-11-9-14-5-1-3-7-17(14)24-16)26-22(28)19-12-10-15-6-2-4-8-18(15)25-19/h1-12,20H,13H2,(H2,23,27)(H,26,28)/t20-/m1/s1. The Bertz CT molecular complexity index is 1190. The second kappa shape index (κ2) is 7.44. The molecule has 0 aliphatic heterocycles. The van der Waals surface area contributed by atoms with Crippen LogP contribution in [0.4, 0.5) is 0 Å². The maximum Gasteiger partial charge on any atom is 0.270 e. The Morgan fingerprint density at radius 2 is 1.43 bits per heavy atom. The van der Waals surface area contributed by atoms with Gasteiger partial charge in [0.05, 0.1) is 11.0 Å². The molecule has 138 valence electrons. The molecular weight excluding hydrogens is 352 g/mol. The molecule has 6 nitrogen and oxygen atoms in total. The van der Waals surface area contributed by atoms with Crippen LogP contribution in [0.2, 0.25) is 0 Å². The molecule has 0 aliphatic carbocycles. The summed E-state index contributed by atoms with van der Waals surface area (Å²) in [5, 5.41) is 4.62. The van der Waals surface area contributed by atoms with Crippen LogP contribution in [-0.2, 0) is 11.2 Å². The van der Waals surface area contributed by atoms with Crippen LogP contribution in [0.15, 0.2) is 72.8 Å². The Morgan fingerprint density at radius 1 is 0.821 bits per heavy atom. The van der Waals surface area contributed by atoms with Crippen LogP contribution in [0.1, 0.15) is 16.2 Å². The molecule has 2 aromatic heterocycles. The van der Waals surface area contributed by atoms with Crippen LogP contribution >= 0.6 is 0 Å². The van der Waals surface area contributed by atoms with E-state index in [1.54, 1.807) is 6.07 Å². The lowest BCUT2D eigenvalue weighted by atomic mass is 10.1. The minimum atomic E-state index is -0.880.